The lowest BCUT2D eigenvalue weighted by Crippen LogP contribution is -2.36. The van der Waals surface area contributed by atoms with E-state index in [0.717, 1.165) is 17.5 Å². The van der Waals surface area contributed by atoms with Gasteiger partial charge in [-0.3, -0.25) is 9.69 Å². The van der Waals surface area contributed by atoms with Gasteiger partial charge in [-0.2, -0.15) is 5.26 Å². The molecule has 7 nitrogen and oxygen atoms in total. The predicted molar refractivity (Wildman–Crippen MR) is 92.1 cm³/mol. The highest BCUT2D eigenvalue weighted by Crippen LogP contribution is 2.18. The smallest absolute Gasteiger partial charge is 0.234 e. The van der Waals surface area contributed by atoms with E-state index in [1.54, 1.807) is 11.9 Å². The van der Waals surface area contributed by atoms with Gasteiger partial charge in [-0.05, 0) is 25.6 Å². The van der Waals surface area contributed by atoms with Gasteiger partial charge in [0.05, 0.1) is 24.1 Å². The number of carbonyl (C=O) groups excluding carboxylic acids is 1. The number of aromatic nitrogens is 2. The first-order chi connectivity index (χ1) is 11.5. The minimum atomic E-state index is -0.123. The first-order valence-corrected chi connectivity index (χ1v) is 7.77. The molecule has 1 amide bonds. The number of nitrogens with zero attached hydrogens (tertiary/aromatic N) is 3. The Bertz CT molecular complexity index is 755. The number of hydrogen-bond acceptors (Lipinski definition) is 5. The average Bonchev–Trinajstić information content (AvgIpc) is 2.96. The Morgan fingerprint density at radius 2 is 2.17 bits per heavy atom. The van der Waals surface area contributed by atoms with E-state index in [-0.39, 0.29) is 30.3 Å². The number of benzene rings is 1. The van der Waals surface area contributed by atoms with E-state index >= 15 is 0 Å². The number of aliphatic hydroxyl groups excluding tert-OH is 1. The zero-order chi connectivity index (χ0) is 17.5. The fourth-order valence-corrected chi connectivity index (χ4v) is 2.28. The van der Waals surface area contributed by atoms with Gasteiger partial charge in [-0.25, -0.2) is 4.98 Å². The fourth-order valence-electron chi connectivity index (χ4n) is 2.28. The quantitative estimate of drug-likeness (QED) is 0.531. The van der Waals surface area contributed by atoms with E-state index in [4.69, 9.17) is 0 Å². The summed E-state index contributed by atoms with van der Waals surface area (Å²) >= 11 is 0. The van der Waals surface area contributed by atoms with Crippen molar-refractivity contribution in [2.75, 3.05) is 26.7 Å². The van der Waals surface area contributed by atoms with Crippen molar-refractivity contribution in [3.8, 4) is 6.07 Å². The van der Waals surface area contributed by atoms with Gasteiger partial charge in [-0.1, -0.05) is 19.1 Å². The number of nitrogens with one attached hydrogen (secondary N) is 2. The van der Waals surface area contributed by atoms with E-state index < -0.39 is 0 Å². The summed E-state index contributed by atoms with van der Waals surface area (Å²) in [5.74, 6) is 0.0803. The molecule has 2 rings (SSSR count). The number of hydrogen-bond donors (Lipinski definition) is 3. The number of rotatable bonds is 7. The van der Waals surface area contributed by atoms with E-state index in [2.05, 4.69) is 15.3 Å². The number of nitriles is 1. The van der Waals surface area contributed by atoms with Crippen molar-refractivity contribution < 1.29 is 9.90 Å². The molecule has 0 bridgehead atoms. The molecule has 0 radical (unpaired) electrons. The molecule has 0 unspecified atom stereocenters. The number of amides is 1. The summed E-state index contributed by atoms with van der Waals surface area (Å²) in [7, 11) is 1.70. The van der Waals surface area contributed by atoms with Crippen molar-refractivity contribution in [1.82, 2.24) is 20.2 Å². The van der Waals surface area contributed by atoms with Gasteiger partial charge < -0.3 is 15.4 Å². The number of likely N-dealkylation sites (N-methyl/N-ethyl adjacent to an activating group) is 1. The zero-order valence-electron chi connectivity index (χ0n) is 13.8. The lowest BCUT2D eigenvalue weighted by Gasteiger charge is -2.16. The molecule has 1 aromatic carbocycles. The minimum Gasteiger partial charge on any atom is -0.509 e. The van der Waals surface area contributed by atoms with Gasteiger partial charge in [0.1, 0.15) is 17.4 Å². The van der Waals surface area contributed by atoms with Crippen molar-refractivity contribution in [2.45, 2.75) is 13.3 Å². The molecule has 0 fully saturated rings. The van der Waals surface area contributed by atoms with Gasteiger partial charge >= 0.3 is 0 Å². The third kappa shape index (κ3) is 4.33. The normalized spacial score (nSPS) is 12.1. The van der Waals surface area contributed by atoms with Crippen LogP contribution in [0.25, 0.3) is 16.6 Å². The van der Waals surface area contributed by atoms with Gasteiger partial charge in [-0.15, -0.1) is 0 Å². The Morgan fingerprint density at radius 1 is 1.42 bits per heavy atom. The summed E-state index contributed by atoms with van der Waals surface area (Å²) in [6, 6.07) is 9.37. The molecule has 0 saturated heterocycles. The van der Waals surface area contributed by atoms with Crippen LogP contribution in [0.5, 0.6) is 0 Å². The van der Waals surface area contributed by atoms with Crippen LogP contribution < -0.4 is 5.32 Å². The highest BCUT2D eigenvalue weighted by atomic mass is 16.3. The number of para-hydroxylation sites is 2. The van der Waals surface area contributed by atoms with Gasteiger partial charge in [0, 0.05) is 6.54 Å². The minimum absolute atomic E-state index is 0.0759. The maximum absolute atomic E-state index is 11.7. The topological polar surface area (TPSA) is 105 Å². The predicted octanol–water partition coefficient (Wildman–Crippen LogP) is 1.81. The molecule has 3 N–H and O–H groups in total. The number of H-pyrrole nitrogens is 1. The number of aliphatic hydroxyl groups is 1. The van der Waals surface area contributed by atoms with Gasteiger partial charge in [0.25, 0.3) is 0 Å². The zero-order valence-corrected chi connectivity index (χ0v) is 13.8. The Kier molecular flexibility index (Phi) is 5.93. The van der Waals surface area contributed by atoms with Crippen LogP contribution in [0, 0.1) is 11.3 Å². The van der Waals surface area contributed by atoms with E-state index in [9.17, 15) is 15.2 Å². The molecule has 0 aliphatic rings. The largest absolute Gasteiger partial charge is 0.509 e. The van der Waals surface area contributed by atoms with Crippen LogP contribution in [0.1, 0.15) is 19.2 Å². The van der Waals surface area contributed by atoms with Crippen molar-refractivity contribution >= 4 is 22.5 Å². The first kappa shape index (κ1) is 17.5. The van der Waals surface area contributed by atoms with Crippen LogP contribution in [0.2, 0.25) is 0 Å². The van der Waals surface area contributed by atoms with Crippen molar-refractivity contribution in [1.29, 1.82) is 5.26 Å². The molecule has 0 aliphatic carbocycles. The molecule has 0 atom stereocenters. The van der Waals surface area contributed by atoms with Crippen molar-refractivity contribution in [3.05, 3.63) is 35.8 Å². The Balaban J connectivity index is 2.12. The molecule has 1 heterocycles. The third-order valence-corrected chi connectivity index (χ3v) is 3.43. The third-order valence-electron chi connectivity index (χ3n) is 3.43. The Labute approximate surface area is 140 Å². The van der Waals surface area contributed by atoms with Crippen LogP contribution in [-0.4, -0.2) is 52.6 Å². The summed E-state index contributed by atoms with van der Waals surface area (Å²) in [5.41, 5.74) is 1.59. The lowest BCUT2D eigenvalue weighted by atomic mass is 10.2. The van der Waals surface area contributed by atoms with Gasteiger partial charge in [0.2, 0.25) is 5.91 Å². The van der Waals surface area contributed by atoms with Crippen LogP contribution in [0.4, 0.5) is 0 Å². The maximum atomic E-state index is 11.7. The van der Waals surface area contributed by atoms with Crippen LogP contribution in [0.3, 0.4) is 0 Å². The second kappa shape index (κ2) is 8.13. The molecule has 1 aromatic heterocycles. The second-order valence-electron chi connectivity index (χ2n) is 5.56. The maximum Gasteiger partial charge on any atom is 0.234 e. The highest BCUT2D eigenvalue weighted by molar-refractivity contribution is 5.83. The number of fused-ring (bicyclic) bond motifs is 1. The number of aromatic amines is 1. The summed E-state index contributed by atoms with van der Waals surface area (Å²) in [5, 5.41) is 22.4. The number of imidazole rings is 1. The molecule has 0 aliphatic heterocycles. The Hall–Kier alpha value is -2.85. The van der Waals surface area contributed by atoms with E-state index in [0.29, 0.717) is 12.4 Å². The lowest BCUT2D eigenvalue weighted by molar-refractivity contribution is -0.121. The molecular formula is C17H21N5O2. The molecule has 7 heteroatoms. The molecular weight excluding hydrogens is 306 g/mol. The Morgan fingerprint density at radius 3 is 2.83 bits per heavy atom. The number of carbonyl (C=O) groups is 1. The van der Waals surface area contributed by atoms with E-state index in [1.165, 1.54) is 0 Å². The van der Waals surface area contributed by atoms with Crippen molar-refractivity contribution in [2.24, 2.45) is 0 Å². The van der Waals surface area contributed by atoms with Crippen LogP contribution in [-0.2, 0) is 4.79 Å². The summed E-state index contributed by atoms with van der Waals surface area (Å²) < 4.78 is 0. The SMILES string of the molecule is CCCNC(=O)CN(C)C/C(O)=C(\C#N)c1nc2ccccc2[nH]1. The van der Waals surface area contributed by atoms with E-state index in [1.807, 2.05) is 37.3 Å². The molecule has 126 valence electrons. The monoisotopic (exact) mass is 327 g/mol. The molecule has 0 saturated carbocycles. The standard InChI is InChI=1S/C17H21N5O2/c1-3-8-19-16(24)11-22(2)10-15(23)12(9-18)17-20-13-6-4-5-7-14(13)21-17/h4-7,23H,3,8,10-11H2,1-2H3,(H,19,24)(H,20,21)/b15-12-. The summed E-state index contributed by atoms with van der Waals surface area (Å²) in [6.45, 7) is 2.82. The average molecular weight is 327 g/mol. The van der Waals surface area contributed by atoms with Crippen molar-refractivity contribution in [3.63, 3.8) is 0 Å². The second-order valence-corrected chi connectivity index (χ2v) is 5.56. The molecule has 0 spiro atoms. The van der Waals surface area contributed by atoms with Crippen LogP contribution in [0.15, 0.2) is 30.0 Å². The summed E-state index contributed by atoms with van der Waals surface area (Å²) in [6.07, 6.45) is 0.866. The molecule has 2 aromatic rings. The number of allylic oxidation sites excluding steroid dienone is 1. The molecule has 24 heavy (non-hydrogen) atoms. The highest BCUT2D eigenvalue weighted by Gasteiger charge is 2.15. The first-order valence-electron chi connectivity index (χ1n) is 7.77. The fraction of sp³-hybridized carbons (Fsp3) is 0.353. The van der Waals surface area contributed by atoms with Gasteiger partial charge in [0.15, 0.2) is 5.82 Å². The van der Waals surface area contributed by atoms with Crippen LogP contribution >= 0.6 is 0 Å². The summed E-state index contributed by atoms with van der Waals surface area (Å²) in [4.78, 5) is 20.7.